The van der Waals surface area contributed by atoms with Gasteiger partial charge in [0.1, 0.15) is 0 Å². The minimum atomic E-state index is 0.726. The highest BCUT2D eigenvalue weighted by molar-refractivity contribution is 9.10. The second-order valence-electron chi connectivity index (χ2n) is 3.88. The van der Waals surface area contributed by atoms with Crippen LogP contribution in [0.2, 0.25) is 0 Å². The van der Waals surface area contributed by atoms with Gasteiger partial charge in [-0.05, 0) is 55.8 Å². The lowest BCUT2D eigenvalue weighted by Gasteiger charge is -2.25. The highest BCUT2D eigenvalue weighted by atomic mass is 79.9. The number of hydrogen-bond donors (Lipinski definition) is 1. The number of halogens is 1. The molecule has 1 nitrogen and oxygen atoms in total. The van der Waals surface area contributed by atoms with Crippen LogP contribution in [0.1, 0.15) is 24.3 Å². The summed E-state index contributed by atoms with van der Waals surface area (Å²) in [5.74, 6) is 0.726. The van der Waals surface area contributed by atoms with E-state index in [9.17, 15) is 0 Å². The van der Waals surface area contributed by atoms with E-state index in [1.54, 1.807) is 0 Å². The van der Waals surface area contributed by atoms with Gasteiger partial charge in [0.15, 0.2) is 0 Å². The average Bonchev–Trinajstić information content (AvgIpc) is 2.29. The molecule has 0 radical (unpaired) electrons. The van der Waals surface area contributed by atoms with E-state index in [0.29, 0.717) is 0 Å². The lowest BCUT2D eigenvalue weighted by molar-refractivity contribution is 0.455. The Hall–Kier alpha value is 0.01000. The molecule has 0 bridgehead atoms. The molecular formula is C12H16BrNS. The molecule has 0 atom stereocenters. The SMILES string of the molecule is CSc1cccc(Br)c1C1CCNCC1. The maximum atomic E-state index is 3.69. The van der Waals surface area contributed by atoms with Crippen molar-refractivity contribution in [3.63, 3.8) is 0 Å². The summed E-state index contributed by atoms with van der Waals surface area (Å²) >= 11 is 5.54. The smallest absolute Gasteiger partial charge is 0.0221 e. The molecule has 2 rings (SSSR count). The zero-order chi connectivity index (χ0) is 10.7. The zero-order valence-electron chi connectivity index (χ0n) is 8.92. The summed E-state index contributed by atoms with van der Waals surface area (Å²) in [4.78, 5) is 1.43. The van der Waals surface area contributed by atoms with Crippen molar-refractivity contribution in [2.45, 2.75) is 23.7 Å². The molecule has 0 amide bonds. The van der Waals surface area contributed by atoms with Crippen LogP contribution in [0.25, 0.3) is 0 Å². The Morgan fingerprint density at radius 3 is 2.73 bits per heavy atom. The van der Waals surface area contributed by atoms with Crippen molar-refractivity contribution in [2.75, 3.05) is 19.3 Å². The Kier molecular flexibility index (Phi) is 4.12. The molecule has 3 heteroatoms. The Labute approximate surface area is 104 Å². The zero-order valence-corrected chi connectivity index (χ0v) is 11.3. The molecule has 0 aromatic heterocycles. The molecule has 0 aliphatic carbocycles. The van der Waals surface area contributed by atoms with E-state index in [4.69, 9.17) is 0 Å². The number of rotatable bonds is 2. The number of nitrogens with one attached hydrogen (secondary N) is 1. The Morgan fingerprint density at radius 2 is 2.07 bits per heavy atom. The average molecular weight is 286 g/mol. The fraction of sp³-hybridized carbons (Fsp3) is 0.500. The molecule has 0 unspecified atom stereocenters. The third-order valence-electron chi connectivity index (χ3n) is 2.98. The third kappa shape index (κ3) is 2.58. The maximum Gasteiger partial charge on any atom is 0.0221 e. The molecular weight excluding hydrogens is 270 g/mol. The Morgan fingerprint density at radius 1 is 1.33 bits per heavy atom. The normalized spacial score (nSPS) is 18.0. The molecule has 82 valence electrons. The van der Waals surface area contributed by atoms with Crippen LogP contribution in [0.3, 0.4) is 0 Å². The highest BCUT2D eigenvalue weighted by Gasteiger charge is 2.20. The van der Waals surface area contributed by atoms with Crippen molar-refractivity contribution in [3.8, 4) is 0 Å². The highest BCUT2D eigenvalue weighted by Crippen LogP contribution is 2.37. The van der Waals surface area contributed by atoms with Crippen LogP contribution in [-0.4, -0.2) is 19.3 Å². The standard InChI is InChI=1S/C12H16BrNS/c1-15-11-4-2-3-10(13)12(11)9-5-7-14-8-6-9/h2-4,9,14H,5-8H2,1H3. The third-order valence-corrected chi connectivity index (χ3v) is 4.47. The fourth-order valence-electron chi connectivity index (χ4n) is 2.20. The molecule has 15 heavy (non-hydrogen) atoms. The van der Waals surface area contributed by atoms with Crippen molar-refractivity contribution >= 4 is 27.7 Å². The summed E-state index contributed by atoms with van der Waals surface area (Å²) in [5, 5.41) is 3.42. The van der Waals surface area contributed by atoms with Gasteiger partial charge in [-0.1, -0.05) is 22.0 Å². The predicted octanol–water partition coefficient (Wildman–Crippen LogP) is 3.64. The molecule has 1 saturated heterocycles. The number of hydrogen-bond acceptors (Lipinski definition) is 2. The van der Waals surface area contributed by atoms with Gasteiger partial charge in [0.2, 0.25) is 0 Å². The summed E-state index contributed by atoms with van der Waals surface area (Å²) in [6.45, 7) is 2.31. The summed E-state index contributed by atoms with van der Waals surface area (Å²) in [6.07, 6.45) is 4.68. The van der Waals surface area contributed by atoms with Gasteiger partial charge in [-0.2, -0.15) is 0 Å². The molecule has 1 aliphatic heterocycles. The summed E-state index contributed by atoms with van der Waals surface area (Å²) in [6, 6.07) is 6.52. The molecule has 0 saturated carbocycles. The van der Waals surface area contributed by atoms with Crippen molar-refractivity contribution in [1.29, 1.82) is 0 Å². The van der Waals surface area contributed by atoms with Crippen LogP contribution in [0.15, 0.2) is 27.6 Å². The van der Waals surface area contributed by atoms with Gasteiger partial charge < -0.3 is 5.32 Å². The van der Waals surface area contributed by atoms with Gasteiger partial charge in [0.05, 0.1) is 0 Å². The molecule has 1 aromatic rings. The number of benzene rings is 1. The fourth-order valence-corrected chi connectivity index (χ4v) is 3.73. The van der Waals surface area contributed by atoms with Crippen molar-refractivity contribution < 1.29 is 0 Å². The topological polar surface area (TPSA) is 12.0 Å². The summed E-state index contributed by atoms with van der Waals surface area (Å²) in [7, 11) is 0. The Bertz CT molecular complexity index is 334. The first-order chi connectivity index (χ1) is 7.33. The van der Waals surface area contributed by atoms with Gasteiger partial charge in [-0.3, -0.25) is 0 Å². The summed E-state index contributed by atoms with van der Waals surface area (Å²) in [5.41, 5.74) is 1.52. The first kappa shape index (κ1) is 11.5. The van der Waals surface area contributed by atoms with Crippen LogP contribution in [0.4, 0.5) is 0 Å². The predicted molar refractivity (Wildman–Crippen MR) is 70.8 cm³/mol. The van der Waals surface area contributed by atoms with E-state index in [2.05, 4.69) is 45.7 Å². The largest absolute Gasteiger partial charge is 0.317 e. The van der Waals surface area contributed by atoms with Crippen LogP contribution in [-0.2, 0) is 0 Å². The molecule has 1 aliphatic rings. The van der Waals surface area contributed by atoms with Crippen LogP contribution < -0.4 is 5.32 Å². The van der Waals surface area contributed by atoms with Crippen LogP contribution in [0.5, 0.6) is 0 Å². The van der Waals surface area contributed by atoms with E-state index in [1.807, 2.05) is 11.8 Å². The van der Waals surface area contributed by atoms with E-state index in [1.165, 1.54) is 27.8 Å². The number of piperidine rings is 1. The minimum Gasteiger partial charge on any atom is -0.317 e. The van der Waals surface area contributed by atoms with Gasteiger partial charge in [-0.15, -0.1) is 11.8 Å². The quantitative estimate of drug-likeness (QED) is 0.833. The van der Waals surface area contributed by atoms with E-state index >= 15 is 0 Å². The molecule has 1 N–H and O–H groups in total. The van der Waals surface area contributed by atoms with Gasteiger partial charge in [-0.25, -0.2) is 0 Å². The first-order valence-electron chi connectivity index (χ1n) is 5.36. The molecule has 1 fully saturated rings. The minimum absolute atomic E-state index is 0.726. The first-order valence-corrected chi connectivity index (χ1v) is 7.38. The molecule has 1 aromatic carbocycles. The van der Waals surface area contributed by atoms with Gasteiger partial charge in [0, 0.05) is 9.37 Å². The van der Waals surface area contributed by atoms with E-state index in [-0.39, 0.29) is 0 Å². The lowest BCUT2D eigenvalue weighted by atomic mass is 9.90. The lowest BCUT2D eigenvalue weighted by Crippen LogP contribution is -2.27. The summed E-state index contributed by atoms with van der Waals surface area (Å²) < 4.78 is 1.28. The van der Waals surface area contributed by atoms with Crippen molar-refractivity contribution in [1.82, 2.24) is 5.32 Å². The Balaban J connectivity index is 2.31. The van der Waals surface area contributed by atoms with Crippen molar-refractivity contribution in [2.24, 2.45) is 0 Å². The second kappa shape index (κ2) is 5.37. The molecule has 1 heterocycles. The van der Waals surface area contributed by atoms with Gasteiger partial charge >= 0.3 is 0 Å². The maximum absolute atomic E-state index is 3.69. The van der Waals surface area contributed by atoms with Gasteiger partial charge in [0.25, 0.3) is 0 Å². The monoisotopic (exact) mass is 285 g/mol. The van der Waals surface area contributed by atoms with E-state index < -0.39 is 0 Å². The van der Waals surface area contributed by atoms with Crippen molar-refractivity contribution in [3.05, 3.63) is 28.2 Å². The van der Waals surface area contributed by atoms with Crippen LogP contribution in [0, 0.1) is 0 Å². The van der Waals surface area contributed by atoms with Crippen LogP contribution >= 0.6 is 27.7 Å². The second-order valence-corrected chi connectivity index (χ2v) is 5.58. The molecule has 0 spiro atoms. The van der Waals surface area contributed by atoms with E-state index in [0.717, 1.165) is 19.0 Å². The number of thioether (sulfide) groups is 1.